The highest BCUT2D eigenvalue weighted by atomic mass is 15.4. The van der Waals surface area contributed by atoms with Crippen molar-refractivity contribution in [3.63, 3.8) is 0 Å². The van der Waals surface area contributed by atoms with Gasteiger partial charge < -0.3 is 5.32 Å². The Labute approximate surface area is 75.8 Å². The van der Waals surface area contributed by atoms with Crippen molar-refractivity contribution in [2.45, 2.75) is 19.9 Å². The monoisotopic (exact) mass is 177 g/mol. The van der Waals surface area contributed by atoms with Gasteiger partial charge in [0.2, 0.25) is 0 Å². The van der Waals surface area contributed by atoms with E-state index >= 15 is 0 Å². The maximum Gasteiger partial charge on any atom is 0.177 e. The van der Waals surface area contributed by atoms with Crippen LogP contribution in [0.1, 0.15) is 13.8 Å². The van der Waals surface area contributed by atoms with Gasteiger partial charge in [-0.15, -0.1) is 5.10 Å². The molecule has 2 heterocycles. The summed E-state index contributed by atoms with van der Waals surface area (Å²) in [5, 5.41) is 10.9. The summed E-state index contributed by atoms with van der Waals surface area (Å²) in [4.78, 5) is 4.11. The lowest BCUT2D eigenvalue weighted by Crippen LogP contribution is -2.13. The minimum atomic E-state index is 0.370. The SMILES string of the molecule is CC(C)Nc1ccnc2cnnn12. The Bertz CT molecular complexity index is 406. The summed E-state index contributed by atoms with van der Waals surface area (Å²) in [5.74, 6) is 0.914. The molecule has 0 aliphatic rings. The summed E-state index contributed by atoms with van der Waals surface area (Å²) in [7, 11) is 0. The van der Waals surface area contributed by atoms with Gasteiger partial charge in [0.25, 0.3) is 0 Å². The fraction of sp³-hybridized carbons (Fsp3) is 0.375. The summed E-state index contributed by atoms with van der Waals surface area (Å²) >= 11 is 0. The topological polar surface area (TPSA) is 55.1 Å². The van der Waals surface area contributed by atoms with Crippen LogP contribution in [0.2, 0.25) is 0 Å². The predicted octanol–water partition coefficient (Wildman–Crippen LogP) is 0.945. The molecule has 0 unspecified atom stereocenters. The number of hydrogen-bond acceptors (Lipinski definition) is 4. The summed E-state index contributed by atoms with van der Waals surface area (Å²) in [6, 6.07) is 2.25. The molecule has 2 aromatic rings. The molecule has 68 valence electrons. The number of fused-ring (bicyclic) bond motifs is 1. The molecule has 1 N–H and O–H groups in total. The second-order valence-electron chi connectivity index (χ2n) is 3.13. The highest BCUT2D eigenvalue weighted by molar-refractivity contribution is 5.45. The van der Waals surface area contributed by atoms with Gasteiger partial charge in [-0.3, -0.25) is 0 Å². The molecule has 0 aliphatic carbocycles. The maximum absolute atomic E-state index is 4.11. The van der Waals surface area contributed by atoms with Crippen LogP contribution in [0.15, 0.2) is 18.5 Å². The molecule has 0 atom stereocenters. The van der Waals surface area contributed by atoms with Gasteiger partial charge in [-0.05, 0) is 19.9 Å². The van der Waals surface area contributed by atoms with Gasteiger partial charge in [-0.2, -0.15) is 4.52 Å². The van der Waals surface area contributed by atoms with Crippen LogP contribution in [0.4, 0.5) is 5.82 Å². The third-order valence-corrected chi connectivity index (χ3v) is 1.64. The van der Waals surface area contributed by atoms with Gasteiger partial charge in [-0.25, -0.2) is 4.98 Å². The Morgan fingerprint density at radius 2 is 2.31 bits per heavy atom. The lowest BCUT2D eigenvalue weighted by atomic mass is 10.4. The zero-order valence-corrected chi connectivity index (χ0v) is 7.60. The first-order valence-corrected chi connectivity index (χ1v) is 4.19. The van der Waals surface area contributed by atoms with Gasteiger partial charge in [0.1, 0.15) is 5.82 Å². The van der Waals surface area contributed by atoms with Crippen LogP contribution < -0.4 is 5.32 Å². The van der Waals surface area contributed by atoms with E-state index in [1.165, 1.54) is 0 Å². The minimum absolute atomic E-state index is 0.370. The van der Waals surface area contributed by atoms with E-state index in [4.69, 9.17) is 0 Å². The fourth-order valence-corrected chi connectivity index (χ4v) is 1.15. The number of nitrogens with zero attached hydrogens (tertiary/aromatic N) is 4. The largest absolute Gasteiger partial charge is 0.368 e. The standard InChI is InChI=1S/C8H11N5/c1-6(2)11-7-3-4-9-8-5-10-12-13(7)8/h3-6,11H,1-2H3. The van der Waals surface area contributed by atoms with Crippen molar-refractivity contribution in [1.82, 2.24) is 19.8 Å². The zero-order valence-electron chi connectivity index (χ0n) is 7.60. The number of aromatic nitrogens is 4. The van der Waals surface area contributed by atoms with Crippen LogP contribution in [-0.2, 0) is 0 Å². The molecule has 0 saturated carbocycles. The minimum Gasteiger partial charge on any atom is -0.368 e. The van der Waals surface area contributed by atoms with Gasteiger partial charge in [0, 0.05) is 12.2 Å². The van der Waals surface area contributed by atoms with Crippen LogP contribution >= 0.6 is 0 Å². The molecule has 0 bridgehead atoms. The molecule has 0 fully saturated rings. The van der Waals surface area contributed by atoms with E-state index in [-0.39, 0.29) is 0 Å². The summed E-state index contributed by atoms with van der Waals surface area (Å²) < 4.78 is 1.68. The van der Waals surface area contributed by atoms with Crippen molar-refractivity contribution in [3.05, 3.63) is 18.5 Å². The van der Waals surface area contributed by atoms with Crippen LogP contribution in [0.3, 0.4) is 0 Å². The quantitative estimate of drug-likeness (QED) is 0.741. The van der Waals surface area contributed by atoms with E-state index in [1.54, 1.807) is 16.9 Å². The molecule has 5 heteroatoms. The Hall–Kier alpha value is -1.65. The molecule has 0 amide bonds. The second-order valence-corrected chi connectivity index (χ2v) is 3.13. The summed E-state index contributed by atoms with van der Waals surface area (Å²) in [5.41, 5.74) is 0.755. The van der Waals surface area contributed by atoms with Gasteiger partial charge in [-0.1, -0.05) is 5.21 Å². The Morgan fingerprint density at radius 3 is 3.08 bits per heavy atom. The molecule has 0 spiro atoms. The first kappa shape index (κ1) is 7.97. The van der Waals surface area contributed by atoms with Crippen LogP contribution in [0.5, 0.6) is 0 Å². The Balaban J connectivity index is 2.48. The molecule has 0 saturated heterocycles. The zero-order chi connectivity index (χ0) is 9.26. The van der Waals surface area contributed by atoms with Crippen LogP contribution in [0.25, 0.3) is 5.65 Å². The van der Waals surface area contributed by atoms with Crippen LogP contribution in [0, 0.1) is 0 Å². The number of nitrogens with one attached hydrogen (secondary N) is 1. The molecular formula is C8H11N5. The molecular weight excluding hydrogens is 166 g/mol. The fourth-order valence-electron chi connectivity index (χ4n) is 1.15. The first-order valence-electron chi connectivity index (χ1n) is 4.19. The highest BCUT2D eigenvalue weighted by Crippen LogP contribution is 2.07. The van der Waals surface area contributed by atoms with Gasteiger partial charge in [0.05, 0.1) is 6.20 Å². The summed E-state index contributed by atoms with van der Waals surface area (Å²) in [6.45, 7) is 4.15. The van der Waals surface area contributed by atoms with Crippen molar-refractivity contribution in [2.75, 3.05) is 5.32 Å². The smallest absolute Gasteiger partial charge is 0.177 e. The third kappa shape index (κ3) is 1.44. The van der Waals surface area contributed by atoms with E-state index in [0.717, 1.165) is 11.5 Å². The average molecular weight is 177 g/mol. The van der Waals surface area contributed by atoms with E-state index < -0.39 is 0 Å². The molecule has 5 nitrogen and oxygen atoms in total. The van der Waals surface area contributed by atoms with E-state index in [2.05, 4.69) is 34.5 Å². The highest BCUT2D eigenvalue weighted by Gasteiger charge is 2.02. The van der Waals surface area contributed by atoms with Crippen molar-refractivity contribution < 1.29 is 0 Å². The number of rotatable bonds is 2. The van der Waals surface area contributed by atoms with E-state index in [0.29, 0.717) is 6.04 Å². The number of anilines is 1. The molecule has 0 aliphatic heterocycles. The van der Waals surface area contributed by atoms with Crippen molar-refractivity contribution in [3.8, 4) is 0 Å². The van der Waals surface area contributed by atoms with Crippen molar-refractivity contribution in [2.24, 2.45) is 0 Å². The second kappa shape index (κ2) is 3.01. The van der Waals surface area contributed by atoms with Crippen molar-refractivity contribution in [1.29, 1.82) is 0 Å². The predicted molar refractivity (Wildman–Crippen MR) is 49.5 cm³/mol. The van der Waals surface area contributed by atoms with Crippen molar-refractivity contribution >= 4 is 11.5 Å². The first-order chi connectivity index (χ1) is 6.27. The molecule has 2 rings (SSSR count). The summed E-state index contributed by atoms with van der Waals surface area (Å²) in [6.07, 6.45) is 3.37. The average Bonchev–Trinajstić information content (AvgIpc) is 2.51. The molecule has 0 aromatic carbocycles. The number of hydrogen-bond donors (Lipinski definition) is 1. The lowest BCUT2D eigenvalue weighted by Gasteiger charge is -2.09. The molecule has 0 radical (unpaired) electrons. The molecule has 13 heavy (non-hydrogen) atoms. The normalized spacial score (nSPS) is 11.0. The third-order valence-electron chi connectivity index (χ3n) is 1.64. The Morgan fingerprint density at radius 1 is 1.46 bits per heavy atom. The maximum atomic E-state index is 4.11. The lowest BCUT2D eigenvalue weighted by molar-refractivity contribution is 0.815. The molecule has 2 aromatic heterocycles. The van der Waals surface area contributed by atoms with E-state index in [1.807, 2.05) is 6.07 Å². The van der Waals surface area contributed by atoms with E-state index in [9.17, 15) is 0 Å². The van der Waals surface area contributed by atoms with Crippen LogP contribution in [-0.4, -0.2) is 25.9 Å². The van der Waals surface area contributed by atoms with Gasteiger partial charge in [0.15, 0.2) is 5.65 Å². The Kier molecular flexibility index (Phi) is 1.84. The van der Waals surface area contributed by atoms with Gasteiger partial charge >= 0.3 is 0 Å².